The molecule has 1 aromatic carbocycles. The lowest BCUT2D eigenvalue weighted by Gasteiger charge is -2.35. The van der Waals surface area contributed by atoms with E-state index in [4.69, 9.17) is 4.74 Å². The Morgan fingerprint density at radius 1 is 1.35 bits per heavy atom. The van der Waals surface area contributed by atoms with Gasteiger partial charge in [-0.3, -0.25) is 9.89 Å². The second-order valence-corrected chi connectivity index (χ2v) is 7.06. The summed E-state index contributed by atoms with van der Waals surface area (Å²) >= 11 is 1.70. The van der Waals surface area contributed by atoms with Crippen LogP contribution in [0.5, 0.6) is 5.75 Å². The zero-order valence-corrected chi connectivity index (χ0v) is 13.6. The van der Waals surface area contributed by atoms with E-state index in [-0.39, 0.29) is 12.0 Å². The van der Waals surface area contributed by atoms with Crippen molar-refractivity contribution in [1.82, 2.24) is 15.1 Å². The highest BCUT2D eigenvalue weighted by Gasteiger charge is 2.33. The average Bonchev–Trinajstić information content (AvgIpc) is 3.15. The van der Waals surface area contributed by atoms with E-state index in [9.17, 15) is 4.79 Å². The van der Waals surface area contributed by atoms with Crippen molar-refractivity contribution in [3.05, 3.63) is 42.2 Å². The number of nitrogens with one attached hydrogen (secondary N) is 1. The molecule has 4 rings (SSSR count). The van der Waals surface area contributed by atoms with Gasteiger partial charge in [-0.05, 0) is 31.0 Å². The van der Waals surface area contributed by atoms with Crippen LogP contribution in [0.3, 0.4) is 0 Å². The van der Waals surface area contributed by atoms with Crippen LogP contribution < -0.4 is 4.74 Å². The molecule has 2 aromatic rings. The van der Waals surface area contributed by atoms with Crippen LogP contribution in [0.2, 0.25) is 0 Å². The molecule has 5 nitrogen and oxygen atoms in total. The van der Waals surface area contributed by atoms with Crippen molar-refractivity contribution in [2.24, 2.45) is 0 Å². The first-order chi connectivity index (χ1) is 11.3. The number of carbonyl (C=O) groups is 1. The normalized spacial score (nSPS) is 23.9. The number of ether oxygens (including phenoxy) is 1. The summed E-state index contributed by atoms with van der Waals surface area (Å²) in [5.41, 5.74) is 1.12. The zero-order valence-electron chi connectivity index (χ0n) is 12.8. The summed E-state index contributed by atoms with van der Waals surface area (Å²) in [5, 5.41) is 7.06. The highest BCUT2D eigenvalue weighted by atomic mass is 32.2. The monoisotopic (exact) mass is 329 g/mol. The molecule has 1 N–H and O–H groups in total. The lowest BCUT2D eigenvalue weighted by atomic mass is 9.94. The van der Waals surface area contributed by atoms with Gasteiger partial charge in [0.2, 0.25) is 0 Å². The number of para-hydroxylation sites is 1. The van der Waals surface area contributed by atoms with Gasteiger partial charge in [-0.2, -0.15) is 5.10 Å². The van der Waals surface area contributed by atoms with Crippen LogP contribution in [0.1, 0.15) is 24.5 Å². The predicted molar refractivity (Wildman–Crippen MR) is 88.7 cm³/mol. The highest BCUT2D eigenvalue weighted by Crippen LogP contribution is 2.36. The van der Waals surface area contributed by atoms with E-state index in [0.29, 0.717) is 11.7 Å². The van der Waals surface area contributed by atoms with E-state index >= 15 is 0 Å². The molecule has 2 aliphatic rings. The Morgan fingerprint density at radius 2 is 2.26 bits per heavy atom. The minimum absolute atomic E-state index is 0.108. The Balaban J connectivity index is 1.45. The summed E-state index contributed by atoms with van der Waals surface area (Å²) < 4.78 is 5.94. The predicted octanol–water partition coefficient (Wildman–Crippen LogP) is 2.67. The Kier molecular flexibility index (Phi) is 3.99. The fourth-order valence-electron chi connectivity index (χ4n) is 3.27. The summed E-state index contributed by atoms with van der Waals surface area (Å²) in [7, 11) is 0. The number of hydrogen-bond donors (Lipinski definition) is 1. The van der Waals surface area contributed by atoms with Crippen LogP contribution in [0, 0.1) is 0 Å². The third-order valence-electron chi connectivity index (χ3n) is 4.48. The number of amides is 1. The van der Waals surface area contributed by atoms with Crippen LogP contribution in [0.25, 0.3) is 0 Å². The molecular formula is C17H19N3O2S. The molecule has 2 atom stereocenters. The fourth-order valence-corrected chi connectivity index (χ4v) is 4.24. The van der Waals surface area contributed by atoms with Gasteiger partial charge in [-0.1, -0.05) is 12.1 Å². The molecule has 1 amide bonds. The third-order valence-corrected chi connectivity index (χ3v) is 5.60. The fraction of sp³-hybridized carbons (Fsp3) is 0.412. The number of aromatic nitrogens is 2. The molecule has 2 aliphatic heterocycles. The topological polar surface area (TPSA) is 58.2 Å². The molecule has 6 heteroatoms. The number of rotatable bonds is 2. The maximum Gasteiger partial charge on any atom is 0.264 e. The average molecular weight is 329 g/mol. The van der Waals surface area contributed by atoms with E-state index in [1.165, 1.54) is 0 Å². The molecule has 0 spiro atoms. The Bertz CT molecular complexity index is 689. The van der Waals surface area contributed by atoms with E-state index < -0.39 is 0 Å². The van der Waals surface area contributed by atoms with Crippen molar-refractivity contribution in [1.29, 1.82) is 0 Å². The van der Waals surface area contributed by atoms with Crippen molar-refractivity contribution in [2.45, 2.75) is 29.8 Å². The van der Waals surface area contributed by atoms with Crippen molar-refractivity contribution in [3.63, 3.8) is 0 Å². The second kappa shape index (κ2) is 6.28. The number of nitrogens with zero attached hydrogens (tertiary/aromatic N) is 2. The van der Waals surface area contributed by atoms with Crippen LogP contribution in [-0.4, -0.2) is 46.0 Å². The first-order valence-electron chi connectivity index (χ1n) is 7.98. The minimum Gasteiger partial charge on any atom is -0.479 e. The van der Waals surface area contributed by atoms with Crippen molar-refractivity contribution in [2.75, 3.05) is 18.8 Å². The molecule has 0 unspecified atom stereocenters. The van der Waals surface area contributed by atoms with E-state index in [1.54, 1.807) is 18.0 Å². The molecule has 3 heterocycles. The van der Waals surface area contributed by atoms with Gasteiger partial charge in [-0.25, -0.2) is 0 Å². The number of thioether (sulfide) groups is 1. The SMILES string of the molecule is O=C([C@@H]1CSc2ccccc2O1)N1CCC[C@H](c2ccn[nH]2)C1. The molecule has 0 bridgehead atoms. The van der Waals surface area contributed by atoms with Crippen molar-refractivity contribution >= 4 is 17.7 Å². The number of aromatic amines is 1. The van der Waals surface area contributed by atoms with E-state index in [2.05, 4.69) is 10.2 Å². The van der Waals surface area contributed by atoms with Crippen LogP contribution in [-0.2, 0) is 4.79 Å². The highest BCUT2D eigenvalue weighted by molar-refractivity contribution is 7.99. The van der Waals surface area contributed by atoms with E-state index in [1.807, 2.05) is 35.2 Å². The summed E-state index contributed by atoms with van der Waals surface area (Å²) in [6.07, 6.45) is 3.50. The lowest BCUT2D eigenvalue weighted by molar-refractivity contribution is -0.139. The number of piperidine rings is 1. The second-order valence-electron chi connectivity index (χ2n) is 6.00. The first-order valence-corrected chi connectivity index (χ1v) is 8.96. The maximum atomic E-state index is 12.8. The number of likely N-dealkylation sites (tertiary alicyclic amines) is 1. The van der Waals surface area contributed by atoms with Gasteiger partial charge in [0.05, 0.1) is 0 Å². The molecule has 1 saturated heterocycles. The van der Waals surface area contributed by atoms with Crippen LogP contribution in [0.15, 0.2) is 41.4 Å². The zero-order chi connectivity index (χ0) is 15.6. The number of H-pyrrole nitrogens is 1. The third kappa shape index (κ3) is 2.95. The quantitative estimate of drug-likeness (QED) is 0.920. The smallest absolute Gasteiger partial charge is 0.264 e. The molecule has 1 aromatic heterocycles. The molecule has 1 fully saturated rings. The molecular weight excluding hydrogens is 310 g/mol. The Hall–Kier alpha value is -1.95. The summed E-state index contributed by atoms with van der Waals surface area (Å²) in [4.78, 5) is 15.9. The molecule has 120 valence electrons. The van der Waals surface area contributed by atoms with Gasteiger partial charge in [0, 0.05) is 41.5 Å². The molecule has 0 aliphatic carbocycles. The number of hydrogen-bond acceptors (Lipinski definition) is 4. The van der Waals surface area contributed by atoms with Crippen molar-refractivity contribution < 1.29 is 9.53 Å². The van der Waals surface area contributed by atoms with Gasteiger partial charge in [0.15, 0.2) is 6.10 Å². The van der Waals surface area contributed by atoms with Gasteiger partial charge < -0.3 is 9.64 Å². The Morgan fingerprint density at radius 3 is 3.13 bits per heavy atom. The Labute approximate surface area is 139 Å². The number of fused-ring (bicyclic) bond motifs is 1. The maximum absolute atomic E-state index is 12.8. The van der Waals surface area contributed by atoms with Crippen LogP contribution in [0.4, 0.5) is 0 Å². The van der Waals surface area contributed by atoms with E-state index in [0.717, 1.165) is 42.3 Å². The standard InChI is InChI=1S/C17H19N3O2S/c21-17(15-11-23-16-6-2-1-5-14(16)22-15)20-9-3-4-12(10-20)13-7-8-18-19-13/h1-2,5-8,12,15H,3-4,9-11H2,(H,18,19)/t12-,15-/m0/s1. The number of carbonyl (C=O) groups excluding carboxylic acids is 1. The summed E-state index contributed by atoms with van der Waals surface area (Å²) in [6, 6.07) is 9.92. The molecule has 23 heavy (non-hydrogen) atoms. The largest absolute Gasteiger partial charge is 0.479 e. The summed E-state index contributed by atoms with van der Waals surface area (Å²) in [5.74, 6) is 1.96. The number of benzene rings is 1. The van der Waals surface area contributed by atoms with Gasteiger partial charge in [-0.15, -0.1) is 11.8 Å². The first kappa shape index (κ1) is 14.6. The lowest BCUT2D eigenvalue weighted by Crippen LogP contribution is -2.48. The van der Waals surface area contributed by atoms with Gasteiger partial charge in [0.1, 0.15) is 5.75 Å². The van der Waals surface area contributed by atoms with Gasteiger partial charge >= 0.3 is 0 Å². The van der Waals surface area contributed by atoms with Gasteiger partial charge in [0.25, 0.3) is 5.91 Å². The summed E-state index contributed by atoms with van der Waals surface area (Å²) in [6.45, 7) is 1.56. The molecule has 0 saturated carbocycles. The molecule has 0 radical (unpaired) electrons. The minimum atomic E-state index is -0.379. The van der Waals surface area contributed by atoms with Crippen LogP contribution >= 0.6 is 11.8 Å². The van der Waals surface area contributed by atoms with Crippen molar-refractivity contribution in [3.8, 4) is 5.75 Å².